The van der Waals surface area contributed by atoms with E-state index >= 15 is 0 Å². The molecule has 1 fully saturated rings. The van der Waals surface area contributed by atoms with Gasteiger partial charge in [0, 0.05) is 0 Å². The number of carbonyl (C=O) groups excluding carboxylic acids is 4. The predicted molar refractivity (Wildman–Crippen MR) is 109 cm³/mol. The molecule has 3 amide bonds. The minimum Gasteiger partial charge on any atom is -0.465 e. The van der Waals surface area contributed by atoms with Crippen molar-refractivity contribution in [1.82, 2.24) is 10.2 Å². The molecule has 1 N–H and O–H groups in total. The maximum Gasteiger partial charge on any atom is 0.337 e. The average molecular weight is 422 g/mol. The van der Waals surface area contributed by atoms with Crippen molar-refractivity contribution in [3.05, 3.63) is 70.8 Å². The summed E-state index contributed by atoms with van der Waals surface area (Å²) in [4.78, 5) is 50.5. The van der Waals surface area contributed by atoms with E-state index in [1.807, 2.05) is 24.3 Å². The molecule has 0 saturated carbocycles. The van der Waals surface area contributed by atoms with E-state index in [2.05, 4.69) is 10.1 Å². The van der Waals surface area contributed by atoms with E-state index < -0.39 is 36.0 Å². The second kappa shape index (κ2) is 8.22. The van der Waals surface area contributed by atoms with Gasteiger partial charge in [-0.3, -0.25) is 14.5 Å². The van der Waals surface area contributed by atoms with Crippen LogP contribution < -0.4 is 5.32 Å². The molecule has 1 atom stereocenters. The van der Waals surface area contributed by atoms with Crippen LogP contribution in [-0.2, 0) is 37.6 Å². The van der Waals surface area contributed by atoms with Crippen LogP contribution in [0, 0.1) is 0 Å². The largest absolute Gasteiger partial charge is 0.465 e. The van der Waals surface area contributed by atoms with Crippen molar-refractivity contribution in [2.75, 3.05) is 13.7 Å². The van der Waals surface area contributed by atoms with Crippen LogP contribution in [0.5, 0.6) is 0 Å². The molecule has 1 unspecified atom stereocenters. The molecule has 0 radical (unpaired) electrons. The number of benzene rings is 2. The lowest BCUT2D eigenvalue weighted by Crippen LogP contribution is -2.46. The molecule has 2 aromatic rings. The Morgan fingerprint density at radius 2 is 1.84 bits per heavy atom. The number of rotatable bonds is 5. The van der Waals surface area contributed by atoms with Crippen molar-refractivity contribution < 1.29 is 28.7 Å². The zero-order valence-corrected chi connectivity index (χ0v) is 17.1. The monoisotopic (exact) mass is 422 g/mol. The van der Waals surface area contributed by atoms with E-state index in [1.165, 1.54) is 7.11 Å². The van der Waals surface area contributed by atoms with Crippen molar-refractivity contribution in [3.63, 3.8) is 0 Å². The van der Waals surface area contributed by atoms with Crippen LogP contribution in [0.1, 0.15) is 39.9 Å². The summed E-state index contributed by atoms with van der Waals surface area (Å²) in [5, 5.41) is 2.81. The first-order valence-corrected chi connectivity index (χ1v) is 10.00. The summed E-state index contributed by atoms with van der Waals surface area (Å²) < 4.78 is 9.87. The lowest BCUT2D eigenvalue weighted by molar-refractivity contribution is -0.149. The number of esters is 2. The first kappa shape index (κ1) is 20.6. The summed E-state index contributed by atoms with van der Waals surface area (Å²) >= 11 is 0. The van der Waals surface area contributed by atoms with Gasteiger partial charge in [0.15, 0.2) is 0 Å². The fraction of sp³-hybridized carbons (Fsp3) is 0.304. The van der Waals surface area contributed by atoms with Gasteiger partial charge >= 0.3 is 18.0 Å². The van der Waals surface area contributed by atoms with Gasteiger partial charge in [-0.05, 0) is 48.1 Å². The third-order valence-electron chi connectivity index (χ3n) is 5.71. The Kier molecular flexibility index (Phi) is 5.46. The topological polar surface area (TPSA) is 102 Å². The zero-order valence-electron chi connectivity index (χ0n) is 17.1. The second-order valence-electron chi connectivity index (χ2n) is 7.59. The highest BCUT2D eigenvalue weighted by Crippen LogP contribution is 2.39. The predicted octanol–water partition coefficient (Wildman–Crippen LogP) is 2.30. The van der Waals surface area contributed by atoms with Crippen LogP contribution in [0.3, 0.4) is 0 Å². The molecule has 31 heavy (non-hydrogen) atoms. The van der Waals surface area contributed by atoms with E-state index in [1.54, 1.807) is 24.3 Å². The maximum absolute atomic E-state index is 13.2. The minimum atomic E-state index is -1.12. The smallest absolute Gasteiger partial charge is 0.337 e. The van der Waals surface area contributed by atoms with Gasteiger partial charge in [0.1, 0.15) is 18.7 Å². The van der Waals surface area contributed by atoms with Gasteiger partial charge in [-0.2, -0.15) is 0 Å². The van der Waals surface area contributed by atoms with Crippen LogP contribution in [0.25, 0.3) is 0 Å². The first-order chi connectivity index (χ1) is 14.9. The standard InChI is InChI=1S/C23H22N2O6/c1-30-20(27)17-10-8-15(9-11-17)14-31-19(26)13-25-21(28)23(24-22(25)29)12-4-6-16-5-2-3-7-18(16)23/h2-3,5,7-11H,4,6,12-14H2,1H3,(H,24,29). The highest BCUT2D eigenvalue weighted by Gasteiger charge is 2.54. The van der Waals surface area contributed by atoms with Crippen molar-refractivity contribution >= 4 is 23.9 Å². The number of methoxy groups -OCH3 is 1. The molecular weight excluding hydrogens is 400 g/mol. The zero-order chi connectivity index (χ0) is 22.0. The molecule has 0 bridgehead atoms. The molecule has 160 valence electrons. The summed E-state index contributed by atoms with van der Waals surface area (Å²) in [6.45, 7) is -0.507. The van der Waals surface area contributed by atoms with E-state index in [-0.39, 0.29) is 6.61 Å². The highest BCUT2D eigenvalue weighted by molar-refractivity contribution is 6.09. The average Bonchev–Trinajstić information content (AvgIpc) is 3.02. The Balaban J connectivity index is 1.41. The van der Waals surface area contributed by atoms with Gasteiger partial charge in [0.05, 0.1) is 12.7 Å². The molecule has 1 heterocycles. The molecule has 1 aliphatic heterocycles. The Hall–Kier alpha value is -3.68. The number of aryl methyl sites for hydroxylation is 1. The van der Waals surface area contributed by atoms with Gasteiger partial charge in [-0.1, -0.05) is 36.4 Å². The van der Waals surface area contributed by atoms with Gasteiger partial charge in [-0.25, -0.2) is 9.59 Å². The number of urea groups is 1. The van der Waals surface area contributed by atoms with Crippen molar-refractivity contribution in [2.24, 2.45) is 0 Å². The quantitative estimate of drug-likeness (QED) is 0.586. The van der Waals surface area contributed by atoms with Crippen molar-refractivity contribution in [3.8, 4) is 0 Å². The summed E-state index contributed by atoms with van der Waals surface area (Å²) in [5.41, 5.74) is 1.75. The number of nitrogens with zero attached hydrogens (tertiary/aromatic N) is 1. The molecule has 1 spiro atoms. The molecule has 2 aliphatic rings. The minimum absolute atomic E-state index is 0.0437. The molecule has 8 heteroatoms. The first-order valence-electron chi connectivity index (χ1n) is 10.00. The Morgan fingerprint density at radius 3 is 2.58 bits per heavy atom. The van der Waals surface area contributed by atoms with Gasteiger partial charge in [0.25, 0.3) is 5.91 Å². The van der Waals surface area contributed by atoms with Crippen molar-refractivity contribution in [2.45, 2.75) is 31.4 Å². The van der Waals surface area contributed by atoms with E-state index in [0.29, 0.717) is 17.5 Å². The summed E-state index contributed by atoms with van der Waals surface area (Å²) in [7, 11) is 1.30. The van der Waals surface area contributed by atoms with Crippen LogP contribution in [0.2, 0.25) is 0 Å². The number of amides is 3. The third kappa shape index (κ3) is 3.76. The summed E-state index contributed by atoms with van der Waals surface area (Å²) in [5.74, 6) is -1.58. The Morgan fingerprint density at radius 1 is 1.10 bits per heavy atom. The molecule has 1 aliphatic carbocycles. The lowest BCUT2D eigenvalue weighted by Gasteiger charge is -2.33. The lowest BCUT2D eigenvalue weighted by atomic mass is 9.76. The van der Waals surface area contributed by atoms with Crippen LogP contribution >= 0.6 is 0 Å². The van der Waals surface area contributed by atoms with E-state index in [9.17, 15) is 19.2 Å². The molecule has 2 aromatic carbocycles. The fourth-order valence-corrected chi connectivity index (χ4v) is 4.15. The fourth-order valence-electron chi connectivity index (χ4n) is 4.15. The van der Waals surface area contributed by atoms with Crippen LogP contribution in [0.15, 0.2) is 48.5 Å². The number of ether oxygens (including phenoxy) is 2. The van der Waals surface area contributed by atoms with E-state index in [4.69, 9.17) is 4.74 Å². The van der Waals surface area contributed by atoms with E-state index in [0.717, 1.165) is 28.9 Å². The van der Waals surface area contributed by atoms with Gasteiger partial charge in [-0.15, -0.1) is 0 Å². The second-order valence-corrected chi connectivity index (χ2v) is 7.59. The number of nitrogens with one attached hydrogen (secondary N) is 1. The molecule has 8 nitrogen and oxygen atoms in total. The molecule has 0 aromatic heterocycles. The number of carbonyl (C=O) groups is 4. The number of hydrogen-bond donors (Lipinski definition) is 1. The normalized spacial score (nSPS) is 19.7. The van der Waals surface area contributed by atoms with Crippen molar-refractivity contribution in [1.29, 1.82) is 0 Å². The molecular formula is C23H22N2O6. The summed E-state index contributed by atoms with van der Waals surface area (Å²) in [6.07, 6.45) is 2.10. The number of fused-ring (bicyclic) bond motifs is 2. The number of hydrogen-bond acceptors (Lipinski definition) is 6. The third-order valence-corrected chi connectivity index (χ3v) is 5.71. The highest BCUT2D eigenvalue weighted by atomic mass is 16.5. The Bertz CT molecular complexity index is 1050. The Labute approximate surface area is 179 Å². The van der Waals surface area contributed by atoms with Crippen LogP contribution in [0.4, 0.5) is 4.79 Å². The molecule has 1 saturated heterocycles. The maximum atomic E-state index is 13.2. The number of imide groups is 1. The molecule has 4 rings (SSSR count). The van der Waals surface area contributed by atoms with Crippen LogP contribution in [-0.4, -0.2) is 42.4 Å². The SMILES string of the molecule is COC(=O)c1ccc(COC(=O)CN2C(=O)NC3(CCCc4ccccc43)C2=O)cc1. The van der Waals surface area contributed by atoms with Gasteiger partial charge in [0.2, 0.25) is 0 Å². The van der Waals surface area contributed by atoms with Gasteiger partial charge < -0.3 is 14.8 Å². The summed E-state index contributed by atoms with van der Waals surface area (Å²) in [6, 6.07) is 13.4.